The summed E-state index contributed by atoms with van der Waals surface area (Å²) in [5, 5.41) is 2.94. The van der Waals surface area contributed by atoms with Crippen LogP contribution in [-0.4, -0.2) is 12.7 Å². The van der Waals surface area contributed by atoms with Crippen molar-refractivity contribution in [2.24, 2.45) is 0 Å². The highest BCUT2D eigenvalue weighted by Crippen LogP contribution is 2.32. The molecule has 1 N–H and O–H groups in total. The first kappa shape index (κ1) is 14.2. The third-order valence-electron chi connectivity index (χ3n) is 3.48. The molecular weight excluding hydrogens is 278 g/mol. The van der Waals surface area contributed by atoms with Gasteiger partial charge in [-0.3, -0.25) is 4.79 Å². The lowest BCUT2D eigenvalue weighted by atomic mass is 10.1. The van der Waals surface area contributed by atoms with E-state index in [0.29, 0.717) is 5.75 Å². The van der Waals surface area contributed by atoms with Crippen molar-refractivity contribution in [1.29, 1.82) is 0 Å². The average molecular weight is 295 g/mol. The summed E-state index contributed by atoms with van der Waals surface area (Å²) in [7, 11) is 0. The Balaban J connectivity index is 1.62. The molecule has 112 valence electrons. The monoisotopic (exact) mass is 295 g/mol. The molecule has 2 aromatic carbocycles. The van der Waals surface area contributed by atoms with E-state index in [0.717, 1.165) is 16.9 Å². The quantitative estimate of drug-likeness (QED) is 0.880. The number of hydrogen-bond acceptors (Lipinski definition) is 3. The first-order chi connectivity index (χ1) is 10.7. The Morgan fingerprint density at radius 1 is 1.14 bits per heavy atom. The number of benzene rings is 2. The molecule has 0 aromatic heterocycles. The van der Waals surface area contributed by atoms with E-state index in [1.165, 1.54) is 6.08 Å². The predicted octanol–water partition coefficient (Wildman–Crippen LogP) is 3.31. The first-order valence-corrected chi connectivity index (χ1v) is 7.15. The smallest absolute Gasteiger partial charge is 0.244 e. The molecule has 0 aliphatic carbocycles. The molecule has 1 aliphatic rings. The average Bonchev–Trinajstić information content (AvgIpc) is 3.01. The lowest BCUT2D eigenvalue weighted by Gasteiger charge is -2.12. The van der Waals surface area contributed by atoms with E-state index in [-0.39, 0.29) is 18.7 Å². The standard InChI is InChI=1S/C18H17NO3/c1-13(15-5-3-2-4-6-15)19-18(20)10-8-14-7-9-16-17(11-14)22-12-21-16/h2-11,13H,12H2,1H3,(H,19,20)/b10-8+/t13-/m1/s1. The summed E-state index contributed by atoms with van der Waals surface area (Å²) in [5.74, 6) is 1.31. The highest BCUT2D eigenvalue weighted by atomic mass is 16.7. The molecule has 0 unspecified atom stereocenters. The van der Waals surface area contributed by atoms with Crippen LogP contribution in [0.25, 0.3) is 6.08 Å². The van der Waals surface area contributed by atoms with Gasteiger partial charge in [0, 0.05) is 6.08 Å². The highest BCUT2D eigenvalue weighted by molar-refractivity contribution is 5.92. The first-order valence-electron chi connectivity index (χ1n) is 7.15. The minimum absolute atomic E-state index is 0.0323. The lowest BCUT2D eigenvalue weighted by Crippen LogP contribution is -2.24. The summed E-state index contributed by atoms with van der Waals surface area (Å²) in [6, 6.07) is 15.4. The number of carbonyl (C=O) groups excluding carboxylic acids is 1. The molecule has 22 heavy (non-hydrogen) atoms. The van der Waals surface area contributed by atoms with Gasteiger partial charge in [-0.2, -0.15) is 0 Å². The molecular formula is C18H17NO3. The molecule has 4 heteroatoms. The van der Waals surface area contributed by atoms with Gasteiger partial charge in [-0.1, -0.05) is 36.4 Å². The lowest BCUT2D eigenvalue weighted by molar-refractivity contribution is -0.117. The van der Waals surface area contributed by atoms with Gasteiger partial charge in [0.05, 0.1) is 6.04 Å². The van der Waals surface area contributed by atoms with Gasteiger partial charge in [-0.15, -0.1) is 0 Å². The largest absolute Gasteiger partial charge is 0.454 e. The molecule has 0 saturated heterocycles. The Kier molecular flexibility index (Phi) is 4.10. The number of nitrogens with one attached hydrogen (secondary N) is 1. The maximum Gasteiger partial charge on any atom is 0.244 e. The molecule has 2 aromatic rings. The number of rotatable bonds is 4. The van der Waals surface area contributed by atoms with Crippen molar-refractivity contribution in [2.75, 3.05) is 6.79 Å². The number of amides is 1. The van der Waals surface area contributed by atoms with E-state index in [1.54, 1.807) is 6.08 Å². The highest BCUT2D eigenvalue weighted by Gasteiger charge is 2.12. The van der Waals surface area contributed by atoms with E-state index in [1.807, 2.05) is 55.5 Å². The van der Waals surface area contributed by atoms with Crippen LogP contribution in [0.2, 0.25) is 0 Å². The summed E-state index contributed by atoms with van der Waals surface area (Å²) in [4.78, 5) is 12.0. The van der Waals surface area contributed by atoms with Gasteiger partial charge in [0.15, 0.2) is 11.5 Å². The van der Waals surface area contributed by atoms with Crippen molar-refractivity contribution >= 4 is 12.0 Å². The Morgan fingerprint density at radius 2 is 1.91 bits per heavy atom. The van der Waals surface area contributed by atoms with Crippen LogP contribution in [0.5, 0.6) is 11.5 Å². The number of fused-ring (bicyclic) bond motifs is 1. The van der Waals surface area contributed by atoms with Gasteiger partial charge in [0.1, 0.15) is 0 Å². The van der Waals surface area contributed by atoms with Crippen molar-refractivity contribution in [3.8, 4) is 11.5 Å². The van der Waals surface area contributed by atoms with Crippen LogP contribution in [0, 0.1) is 0 Å². The fourth-order valence-corrected chi connectivity index (χ4v) is 2.28. The molecule has 0 saturated carbocycles. The van der Waals surface area contributed by atoms with Crippen molar-refractivity contribution in [3.05, 3.63) is 65.7 Å². The molecule has 1 amide bonds. The van der Waals surface area contributed by atoms with E-state index in [4.69, 9.17) is 9.47 Å². The van der Waals surface area contributed by atoms with Crippen molar-refractivity contribution in [2.45, 2.75) is 13.0 Å². The molecule has 0 radical (unpaired) electrons. The maximum atomic E-state index is 12.0. The summed E-state index contributed by atoms with van der Waals surface area (Å²) in [5.41, 5.74) is 1.97. The van der Waals surface area contributed by atoms with Crippen LogP contribution in [0.4, 0.5) is 0 Å². The second-order valence-corrected chi connectivity index (χ2v) is 5.09. The minimum Gasteiger partial charge on any atom is -0.454 e. The molecule has 0 spiro atoms. The summed E-state index contributed by atoms with van der Waals surface area (Å²) in [6.07, 6.45) is 3.28. The van der Waals surface area contributed by atoms with Gasteiger partial charge in [0.2, 0.25) is 12.7 Å². The molecule has 1 aliphatic heterocycles. The Hall–Kier alpha value is -2.75. The maximum absolute atomic E-state index is 12.0. The van der Waals surface area contributed by atoms with Crippen molar-refractivity contribution < 1.29 is 14.3 Å². The molecule has 3 rings (SSSR count). The van der Waals surface area contributed by atoms with Crippen molar-refractivity contribution in [1.82, 2.24) is 5.32 Å². The molecule has 1 heterocycles. The summed E-state index contributed by atoms with van der Waals surface area (Å²) < 4.78 is 10.6. The van der Waals surface area contributed by atoms with Gasteiger partial charge in [-0.25, -0.2) is 0 Å². The van der Waals surface area contributed by atoms with Crippen molar-refractivity contribution in [3.63, 3.8) is 0 Å². The van der Waals surface area contributed by atoms with Crippen LogP contribution in [-0.2, 0) is 4.79 Å². The van der Waals surface area contributed by atoms with Gasteiger partial charge in [-0.05, 0) is 36.3 Å². The number of carbonyl (C=O) groups is 1. The van der Waals surface area contributed by atoms with Gasteiger partial charge >= 0.3 is 0 Å². The van der Waals surface area contributed by atoms with Crippen LogP contribution in [0.1, 0.15) is 24.1 Å². The summed E-state index contributed by atoms with van der Waals surface area (Å²) in [6.45, 7) is 2.21. The molecule has 4 nitrogen and oxygen atoms in total. The summed E-state index contributed by atoms with van der Waals surface area (Å²) >= 11 is 0. The minimum atomic E-state index is -0.131. The third-order valence-corrected chi connectivity index (χ3v) is 3.48. The Labute approximate surface area is 129 Å². The number of hydrogen-bond donors (Lipinski definition) is 1. The van der Waals surface area contributed by atoms with E-state index >= 15 is 0 Å². The molecule has 0 bridgehead atoms. The van der Waals surface area contributed by atoms with Crippen LogP contribution < -0.4 is 14.8 Å². The van der Waals surface area contributed by atoms with Gasteiger partial charge < -0.3 is 14.8 Å². The Morgan fingerprint density at radius 3 is 2.73 bits per heavy atom. The fourth-order valence-electron chi connectivity index (χ4n) is 2.28. The predicted molar refractivity (Wildman–Crippen MR) is 84.6 cm³/mol. The van der Waals surface area contributed by atoms with Gasteiger partial charge in [0.25, 0.3) is 0 Å². The third kappa shape index (κ3) is 3.28. The Bertz CT molecular complexity index is 695. The fraction of sp³-hybridized carbons (Fsp3) is 0.167. The molecule has 1 atom stereocenters. The van der Waals surface area contributed by atoms with Crippen LogP contribution in [0.15, 0.2) is 54.6 Å². The SMILES string of the molecule is C[C@@H](NC(=O)/C=C/c1ccc2c(c1)OCO2)c1ccccc1. The van der Waals surface area contributed by atoms with E-state index in [2.05, 4.69) is 5.32 Å². The zero-order valence-electron chi connectivity index (χ0n) is 12.3. The normalized spacial score (nSPS) is 14.0. The molecule has 0 fully saturated rings. The van der Waals surface area contributed by atoms with Crippen LogP contribution in [0.3, 0.4) is 0 Å². The zero-order valence-corrected chi connectivity index (χ0v) is 12.3. The number of ether oxygens (including phenoxy) is 2. The zero-order chi connectivity index (χ0) is 15.4. The van der Waals surface area contributed by atoms with E-state index in [9.17, 15) is 4.79 Å². The second kappa shape index (κ2) is 6.35. The van der Waals surface area contributed by atoms with E-state index < -0.39 is 0 Å². The topological polar surface area (TPSA) is 47.6 Å². The van der Waals surface area contributed by atoms with Crippen LogP contribution >= 0.6 is 0 Å². The second-order valence-electron chi connectivity index (χ2n) is 5.09.